The zero-order chi connectivity index (χ0) is 17.2. The van der Waals surface area contributed by atoms with E-state index < -0.39 is 0 Å². The number of aliphatic hydroxyl groups excluding tert-OH is 1. The highest BCUT2D eigenvalue weighted by molar-refractivity contribution is 8.78. The topological polar surface area (TPSA) is 79.5 Å². The lowest BCUT2D eigenvalue weighted by Crippen LogP contribution is -2.21. The predicted molar refractivity (Wildman–Crippen MR) is 99.7 cm³/mol. The molecule has 1 heterocycles. The second kappa shape index (κ2) is 10.6. The lowest BCUT2D eigenvalue weighted by atomic mass is 10.2. The van der Waals surface area contributed by atoms with E-state index in [2.05, 4.69) is 11.9 Å². The molecule has 0 aliphatic heterocycles. The van der Waals surface area contributed by atoms with Gasteiger partial charge in [-0.3, -0.25) is 4.79 Å². The molecule has 0 fully saturated rings. The number of anilines is 1. The summed E-state index contributed by atoms with van der Waals surface area (Å²) in [6.45, 7) is 6.34. The van der Waals surface area contributed by atoms with Gasteiger partial charge in [0, 0.05) is 40.6 Å². The van der Waals surface area contributed by atoms with Crippen molar-refractivity contribution in [3.8, 4) is 0 Å². The fraction of sp³-hybridized carbons (Fsp3) is 0.500. The number of aryl methyl sites for hydroxylation is 1. The number of hydrogen-bond acceptors (Lipinski definition) is 6. The fourth-order valence-corrected chi connectivity index (χ4v) is 4.49. The number of aliphatic hydroxyl groups is 1. The Hall–Kier alpha value is -1.18. The lowest BCUT2D eigenvalue weighted by molar-refractivity contribution is -0.116. The summed E-state index contributed by atoms with van der Waals surface area (Å²) in [6, 6.07) is 3.78. The van der Waals surface area contributed by atoms with Crippen LogP contribution in [0.25, 0.3) is 0 Å². The van der Waals surface area contributed by atoms with Gasteiger partial charge in [0.05, 0.1) is 6.54 Å². The number of hydrogen-bond donors (Lipinski definition) is 2. The van der Waals surface area contributed by atoms with Crippen molar-refractivity contribution < 1.29 is 9.90 Å². The molecule has 0 saturated heterocycles. The van der Waals surface area contributed by atoms with Gasteiger partial charge in [-0.15, -0.1) is 0 Å². The van der Waals surface area contributed by atoms with Crippen molar-refractivity contribution in [2.24, 2.45) is 0 Å². The third kappa shape index (κ3) is 6.45. The van der Waals surface area contributed by atoms with Crippen LogP contribution in [0.5, 0.6) is 0 Å². The number of pyridine rings is 1. The number of nitrogens with two attached hydrogens (primary N) is 1. The second-order valence-corrected chi connectivity index (χ2v) is 7.63. The fourth-order valence-electron chi connectivity index (χ4n) is 1.90. The Labute approximate surface area is 146 Å². The van der Waals surface area contributed by atoms with Gasteiger partial charge in [0.15, 0.2) is 0 Å². The summed E-state index contributed by atoms with van der Waals surface area (Å²) < 4.78 is 0. The molecule has 0 aliphatic rings. The maximum Gasteiger partial charge on any atom is 0.214 e. The smallest absolute Gasteiger partial charge is 0.214 e. The molecule has 23 heavy (non-hydrogen) atoms. The number of aromatic nitrogens is 1. The SMILES string of the molecule is CCCSSC(CCO)=C(C)N(C=O)Cc1ccc(C)nc1N. The Morgan fingerprint density at radius 3 is 2.78 bits per heavy atom. The van der Waals surface area contributed by atoms with Crippen LogP contribution in [-0.2, 0) is 11.3 Å². The van der Waals surface area contributed by atoms with Crippen molar-refractivity contribution in [3.05, 3.63) is 34.0 Å². The van der Waals surface area contributed by atoms with Crippen LogP contribution in [0, 0.1) is 6.92 Å². The van der Waals surface area contributed by atoms with Gasteiger partial charge in [-0.05, 0) is 26.3 Å². The molecular formula is C16H25N3O2S2. The van der Waals surface area contributed by atoms with Crippen molar-refractivity contribution in [1.82, 2.24) is 9.88 Å². The van der Waals surface area contributed by atoms with Crippen LogP contribution < -0.4 is 5.73 Å². The van der Waals surface area contributed by atoms with E-state index in [0.29, 0.717) is 18.8 Å². The number of nitrogen functional groups attached to an aromatic ring is 1. The molecule has 0 aromatic carbocycles. The molecule has 0 spiro atoms. The number of nitrogens with zero attached hydrogens (tertiary/aromatic N) is 2. The van der Waals surface area contributed by atoms with Crippen LogP contribution in [0.2, 0.25) is 0 Å². The van der Waals surface area contributed by atoms with Gasteiger partial charge in [0.2, 0.25) is 6.41 Å². The van der Waals surface area contributed by atoms with Crippen molar-refractivity contribution in [1.29, 1.82) is 0 Å². The maximum absolute atomic E-state index is 11.5. The van der Waals surface area contributed by atoms with Crippen LogP contribution >= 0.6 is 21.6 Å². The van der Waals surface area contributed by atoms with E-state index in [1.54, 1.807) is 26.5 Å². The van der Waals surface area contributed by atoms with Gasteiger partial charge >= 0.3 is 0 Å². The van der Waals surface area contributed by atoms with E-state index in [-0.39, 0.29) is 6.61 Å². The molecule has 1 aromatic heterocycles. The largest absolute Gasteiger partial charge is 0.396 e. The predicted octanol–water partition coefficient (Wildman–Crippen LogP) is 3.34. The quantitative estimate of drug-likeness (QED) is 0.381. The summed E-state index contributed by atoms with van der Waals surface area (Å²) >= 11 is 0. The van der Waals surface area contributed by atoms with E-state index in [9.17, 15) is 9.90 Å². The van der Waals surface area contributed by atoms with Crippen LogP contribution in [0.3, 0.4) is 0 Å². The summed E-state index contributed by atoms with van der Waals surface area (Å²) in [6.07, 6.45) is 2.43. The average Bonchev–Trinajstić information content (AvgIpc) is 2.53. The molecule has 7 heteroatoms. The Morgan fingerprint density at radius 1 is 1.48 bits per heavy atom. The van der Waals surface area contributed by atoms with E-state index >= 15 is 0 Å². The number of amides is 1. The zero-order valence-corrected chi connectivity index (χ0v) is 15.5. The first-order valence-corrected chi connectivity index (χ1v) is 9.89. The Morgan fingerprint density at radius 2 is 2.22 bits per heavy atom. The molecule has 128 valence electrons. The highest BCUT2D eigenvalue weighted by Gasteiger charge is 2.13. The Bertz CT molecular complexity index is 550. The van der Waals surface area contributed by atoms with E-state index in [4.69, 9.17) is 5.73 Å². The molecule has 0 unspecified atom stereocenters. The van der Waals surface area contributed by atoms with Gasteiger partial charge < -0.3 is 15.7 Å². The minimum absolute atomic E-state index is 0.0628. The lowest BCUT2D eigenvalue weighted by Gasteiger charge is -2.22. The highest BCUT2D eigenvalue weighted by atomic mass is 33.1. The number of carbonyl (C=O) groups is 1. The van der Waals surface area contributed by atoms with Crippen molar-refractivity contribution in [3.63, 3.8) is 0 Å². The molecule has 3 N–H and O–H groups in total. The summed E-state index contributed by atoms with van der Waals surface area (Å²) in [5.74, 6) is 1.48. The maximum atomic E-state index is 11.5. The minimum Gasteiger partial charge on any atom is -0.396 e. The van der Waals surface area contributed by atoms with Crippen molar-refractivity contribution in [2.75, 3.05) is 18.1 Å². The first-order chi connectivity index (χ1) is 11.0. The molecule has 5 nitrogen and oxygen atoms in total. The van der Waals surface area contributed by atoms with Gasteiger partial charge in [-0.2, -0.15) is 0 Å². The minimum atomic E-state index is 0.0628. The normalized spacial score (nSPS) is 12.0. The third-order valence-corrected chi connectivity index (χ3v) is 6.09. The molecule has 0 aliphatic carbocycles. The summed E-state index contributed by atoms with van der Waals surface area (Å²) in [5.41, 5.74) is 8.46. The van der Waals surface area contributed by atoms with E-state index in [1.807, 2.05) is 26.0 Å². The monoisotopic (exact) mass is 355 g/mol. The van der Waals surface area contributed by atoms with Gasteiger partial charge in [0.25, 0.3) is 0 Å². The van der Waals surface area contributed by atoms with E-state index in [1.165, 1.54) is 0 Å². The van der Waals surface area contributed by atoms with Gasteiger partial charge in [-0.25, -0.2) is 4.98 Å². The van der Waals surface area contributed by atoms with Crippen molar-refractivity contribution >= 4 is 33.8 Å². The number of carbonyl (C=O) groups excluding carboxylic acids is 1. The van der Waals surface area contributed by atoms with Crippen LogP contribution in [0.4, 0.5) is 5.82 Å². The summed E-state index contributed by atoms with van der Waals surface area (Å²) in [5, 5.41) is 9.27. The molecule has 1 amide bonds. The van der Waals surface area contributed by atoms with Crippen LogP contribution in [0.1, 0.15) is 37.9 Å². The molecule has 1 aromatic rings. The summed E-state index contributed by atoms with van der Waals surface area (Å²) in [7, 11) is 3.37. The second-order valence-electron chi connectivity index (χ2n) is 5.12. The molecular weight excluding hydrogens is 330 g/mol. The third-order valence-electron chi connectivity index (χ3n) is 3.24. The molecule has 0 bridgehead atoms. The Kier molecular flexibility index (Phi) is 9.13. The van der Waals surface area contributed by atoms with Gasteiger partial charge in [-0.1, -0.05) is 34.6 Å². The molecule has 0 saturated carbocycles. The zero-order valence-electron chi connectivity index (χ0n) is 13.9. The molecule has 0 atom stereocenters. The van der Waals surface area contributed by atoms with Gasteiger partial charge in [0.1, 0.15) is 5.82 Å². The average molecular weight is 356 g/mol. The Balaban J connectivity index is 2.94. The first-order valence-electron chi connectivity index (χ1n) is 7.57. The molecule has 1 rings (SSSR count). The van der Waals surface area contributed by atoms with Crippen LogP contribution in [-0.4, -0.2) is 33.8 Å². The number of allylic oxidation sites excluding steroid dienone is 1. The molecule has 0 radical (unpaired) electrons. The van der Waals surface area contributed by atoms with E-state index in [0.717, 1.165) is 40.4 Å². The van der Waals surface area contributed by atoms with Crippen molar-refractivity contribution in [2.45, 2.75) is 40.2 Å². The summed E-state index contributed by atoms with van der Waals surface area (Å²) in [4.78, 5) is 18.4. The van der Waals surface area contributed by atoms with Crippen LogP contribution in [0.15, 0.2) is 22.7 Å². The highest BCUT2D eigenvalue weighted by Crippen LogP contribution is 2.35. The standard InChI is InChI=1S/C16H25N3O2S2/c1-4-9-22-23-15(7-8-20)13(3)19(11-21)10-14-6-5-12(2)18-16(14)17/h5-6,11,20H,4,7-10H2,1-3H3,(H2,17,18). The number of rotatable bonds is 10. The first kappa shape index (κ1) is 19.9.